The molecule has 3 rings (SSSR count). The van der Waals surface area contributed by atoms with E-state index in [0.717, 1.165) is 0 Å². The van der Waals surface area contributed by atoms with Gasteiger partial charge in [0.1, 0.15) is 48.8 Å². The predicted molar refractivity (Wildman–Crippen MR) is 65.3 cm³/mol. The maximum atomic E-state index is 9.93. The molecule has 3 aliphatic rings. The van der Waals surface area contributed by atoms with Gasteiger partial charge >= 0.3 is 0 Å². The van der Waals surface area contributed by atoms with E-state index in [-0.39, 0.29) is 6.61 Å². The zero-order chi connectivity index (χ0) is 16.0. The summed E-state index contributed by atoms with van der Waals surface area (Å²) < 4.78 is 21.2. The van der Waals surface area contributed by atoms with Gasteiger partial charge in [-0.25, -0.2) is 0 Å². The van der Waals surface area contributed by atoms with Gasteiger partial charge in [0.25, 0.3) is 0 Å². The quantitative estimate of drug-likeness (QED) is 0.299. The van der Waals surface area contributed by atoms with E-state index in [0.29, 0.717) is 0 Å². The van der Waals surface area contributed by atoms with Crippen LogP contribution in [0.25, 0.3) is 0 Å². The first-order chi connectivity index (χ1) is 10.4. The third kappa shape index (κ3) is 2.65. The van der Waals surface area contributed by atoms with E-state index in [4.69, 9.17) is 24.1 Å². The Labute approximate surface area is 125 Å². The Kier molecular flexibility index (Phi) is 4.67. The van der Waals surface area contributed by atoms with Gasteiger partial charge in [0.15, 0.2) is 12.6 Å². The molecule has 0 spiro atoms. The minimum Gasteiger partial charge on any atom is -0.394 e. The van der Waals surface area contributed by atoms with Crippen molar-refractivity contribution in [2.24, 2.45) is 0 Å². The third-order valence-corrected chi connectivity index (χ3v) is 4.23. The summed E-state index contributed by atoms with van der Waals surface area (Å²) in [4.78, 5) is 0. The molecule has 128 valence electrons. The van der Waals surface area contributed by atoms with Crippen molar-refractivity contribution in [2.45, 2.75) is 61.4 Å². The summed E-state index contributed by atoms with van der Waals surface area (Å²) in [7, 11) is 0. The van der Waals surface area contributed by atoms with Crippen LogP contribution in [-0.4, -0.2) is 105 Å². The van der Waals surface area contributed by atoms with Crippen molar-refractivity contribution >= 4 is 0 Å². The van der Waals surface area contributed by atoms with E-state index >= 15 is 0 Å². The summed E-state index contributed by atoms with van der Waals surface area (Å²) >= 11 is 0. The topological polar surface area (TPSA) is 158 Å². The Bertz CT molecular complexity index is 392. The average Bonchev–Trinajstić information content (AvgIpc) is 2.82. The Morgan fingerprint density at radius 2 is 1.64 bits per heavy atom. The van der Waals surface area contributed by atoms with Gasteiger partial charge in [0.05, 0.1) is 13.2 Å². The minimum absolute atomic E-state index is 0.0842. The molecule has 22 heavy (non-hydrogen) atoms. The lowest BCUT2D eigenvalue weighted by molar-refractivity contribution is -0.336. The minimum atomic E-state index is -1.56. The van der Waals surface area contributed by atoms with Gasteiger partial charge in [0.2, 0.25) is 0 Å². The van der Waals surface area contributed by atoms with Crippen molar-refractivity contribution in [2.75, 3.05) is 13.2 Å². The maximum Gasteiger partial charge on any atom is 0.187 e. The second-order valence-electron chi connectivity index (χ2n) is 5.65. The van der Waals surface area contributed by atoms with Gasteiger partial charge in [0, 0.05) is 0 Å². The number of rotatable bonds is 3. The molecule has 10 nitrogen and oxygen atoms in total. The average molecular weight is 324 g/mol. The van der Waals surface area contributed by atoms with Gasteiger partial charge in [-0.1, -0.05) is 0 Å². The second-order valence-corrected chi connectivity index (χ2v) is 5.65. The second kappa shape index (κ2) is 6.24. The van der Waals surface area contributed by atoms with Crippen LogP contribution in [0.1, 0.15) is 0 Å². The lowest BCUT2D eigenvalue weighted by Crippen LogP contribution is -2.62. The fourth-order valence-corrected chi connectivity index (χ4v) is 2.94. The fourth-order valence-electron chi connectivity index (χ4n) is 2.94. The van der Waals surface area contributed by atoms with Crippen LogP contribution in [0.5, 0.6) is 0 Å². The molecule has 10 heteroatoms. The summed E-state index contributed by atoms with van der Waals surface area (Å²) in [5.74, 6) is 0. The van der Waals surface area contributed by atoms with Crippen molar-refractivity contribution in [3.63, 3.8) is 0 Å². The van der Waals surface area contributed by atoms with E-state index in [1.165, 1.54) is 0 Å². The Balaban J connectivity index is 1.70. The zero-order valence-corrected chi connectivity index (χ0v) is 11.5. The molecule has 0 unspecified atom stereocenters. The van der Waals surface area contributed by atoms with Gasteiger partial charge in [-0.2, -0.15) is 0 Å². The number of hydrogen-bond acceptors (Lipinski definition) is 10. The molecule has 6 N–H and O–H groups in total. The SMILES string of the molecule is OC[C@@H]1O[C@H](O[C@@H]2[C@H]3OC[C@@H]2O[C@@H](O)[C@H]3O)[C@@H](O)[C@H](O)[C@@H]1O. The van der Waals surface area contributed by atoms with Crippen LogP contribution >= 0.6 is 0 Å². The van der Waals surface area contributed by atoms with Crippen LogP contribution in [0, 0.1) is 0 Å². The fraction of sp³-hybridized carbons (Fsp3) is 1.00. The lowest BCUT2D eigenvalue weighted by atomic mass is 9.98. The van der Waals surface area contributed by atoms with E-state index in [1.807, 2.05) is 0 Å². The molecule has 10 atom stereocenters. The molecule has 0 aliphatic carbocycles. The smallest absolute Gasteiger partial charge is 0.187 e. The summed E-state index contributed by atoms with van der Waals surface area (Å²) in [6.07, 6.45) is -12.1. The Morgan fingerprint density at radius 3 is 2.32 bits per heavy atom. The summed E-state index contributed by atoms with van der Waals surface area (Å²) in [5, 5.41) is 57.8. The lowest BCUT2D eigenvalue weighted by Gasteiger charge is -2.43. The molecule has 2 bridgehead atoms. The standard InChI is InChI=1S/C12H20O10/c13-1-3-5(14)6(15)7(16)12(21-3)22-9-4-2-19-10(9)8(17)11(18)20-4/h3-18H,1-2H2/t3-,4-,5+,6+,7-,8-,9-,10-,11+,12+/m0/s1. The van der Waals surface area contributed by atoms with Crippen LogP contribution in [0.15, 0.2) is 0 Å². The first-order valence-electron chi connectivity index (χ1n) is 7.03. The van der Waals surface area contributed by atoms with Crippen LogP contribution in [0.2, 0.25) is 0 Å². The van der Waals surface area contributed by atoms with Crippen molar-refractivity contribution in [1.82, 2.24) is 0 Å². The molecular weight excluding hydrogens is 304 g/mol. The molecule has 3 heterocycles. The van der Waals surface area contributed by atoms with Crippen LogP contribution < -0.4 is 0 Å². The highest BCUT2D eigenvalue weighted by molar-refractivity contribution is 4.97. The predicted octanol–water partition coefficient (Wildman–Crippen LogP) is -4.35. The van der Waals surface area contributed by atoms with Gasteiger partial charge in [-0.05, 0) is 0 Å². The third-order valence-electron chi connectivity index (χ3n) is 4.23. The van der Waals surface area contributed by atoms with Crippen LogP contribution in [0.3, 0.4) is 0 Å². The number of aliphatic hydroxyl groups excluding tert-OH is 6. The van der Waals surface area contributed by atoms with E-state index in [1.54, 1.807) is 0 Å². The molecule has 3 fully saturated rings. The molecule has 3 saturated heterocycles. The maximum absolute atomic E-state index is 9.93. The monoisotopic (exact) mass is 324 g/mol. The van der Waals surface area contributed by atoms with Crippen molar-refractivity contribution < 1.29 is 49.6 Å². The Hall–Kier alpha value is -0.400. The van der Waals surface area contributed by atoms with Gasteiger partial charge in [-0.3, -0.25) is 0 Å². The first kappa shape index (κ1) is 16.5. The Morgan fingerprint density at radius 1 is 0.909 bits per heavy atom. The van der Waals surface area contributed by atoms with Crippen molar-refractivity contribution in [3.05, 3.63) is 0 Å². The normalized spacial score (nSPS) is 55.4. The van der Waals surface area contributed by atoms with Crippen LogP contribution in [0.4, 0.5) is 0 Å². The summed E-state index contributed by atoms with van der Waals surface area (Å²) in [6.45, 7) is -0.489. The molecule has 0 saturated carbocycles. The van der Waals surface area contributed by atoms with Crippen molar-refractivity contribution in [1.29, 1.82) is 0 Å². The van der Waals surface area contributed by atoms with Crippen molar-refractivity contribution in [3.8, 4) is 0 Å². The largest absolute Gasteiger partial charge is 0.394 e. The van der Waals surface area contributed by atoms with E-state index in [2.05, 4.69) is 0 Å². The van der Waals surface area contributed by atoms with E-state index in [9.17, 15) is 25.5 Å². The number of aliphatic hydroxyl groups is 6. The number of fused-ring (bicyclic) bond motifs is 2. The summed E-state index contributed by atoms with van der Waals surface area (Å²) in [6, 6.07) is 0. The molecule has 3 aliphatic heterocycles. The number of hydrogen-bond donors (Lipinski definition) is 6. The molecule has 0 radical (unpaired) electrons. The molecule has 0 amide bonds. The summed E-state index contributed by atoms with van der Waals surface area (Å²) in [5.41, 5.74) is 0. The highest BCUT2D eigenvalue weighted by Gasteiger charge is 2.54. The highest BCUT2D eigenvalue weighted by Crippen LogP contribution is 2.33. The molecule has 0 aromatic heterocycles. The van der Waals surface area contributed by atoms with E-state index < -0.39 is 68.0 Å². The van der Waals surface area contributed by atoms with Gasteiger partial charge in [-0.15, -0.1) is 0 Å². The molecule has 0 aromatic rings. The zero-order valence-electron chi connectivity index (χ0n) is 11.5. The first-order valence-corrected chi connectivity index (χ1v) is 7.03. The molecular formula is C12H20O10. The number of ether oxygens (including phenoxy) is 4. The van der Waals surface area contributed by atoms with Gasteiger partial charge < -0.3 is 49.6 Å². The van der Waals surface area contributed by atoms with Crippen LogP contribution in [-0.2, 0) is 18.9 Å². The highest BCUT2D eigenvalue weighted by atomic mass is 16.7. The molecule has 0 aromatic carbocycles.